The maximum Gasteiger partial charge on any atom is 0.421 e. The van der Waals surface area contributed by atoms with Crippen molar-refractivity contribution < 1.29 is 27.8 Å². The number of piperazine rings is 1. The van der Waals surface area contributed by atoms with Crippen LogP contribution >= 0.6 is 0 Å². The lowest BCUT2D eigenvalue weighted by atomic mass is 9.93. The number of ether oxygens (including phenoxy) is 1. The molecule has 2 heterocycles. The van der Waals surface area contributed by atoms with Gasteiger partial charge >= 0.3 is 12.1 Å². The maximum atomic E-state index is 13.2. The van der Waals surface area contributed by atoms with Crippen LogP contribution in [-0.4, -0.2) is 63.8 Å². The van der Waals surface area contributed by atoms with Crippen LogP contribution < -0.4 is 0 Å². The molecular formula is C31H36F3N3O3. The maximum absolute atomic E-state index is 13.2. The lowest BCUT2D eigenvalue weighted by Gasteiger charge is -2.41. The van der Waals surface area contributed by atoms with Gasteiger partial charge in [-0.3, -0.25) is 19.6 Å². The fraction of sp³-hybridized carbons (Fsp3) is 0.419. The van der Waals surface area contributed by atoms with Crippen LogP contribution in [0.3, 0.4) is 0 Å². The summed E-state index contributed by atoms with van der Waals surface area (Å²) in [5, 5.41) is 9.92. The molecule has 40 heavy (non-hydrogen) atoms. The second-order valence-electron chi connectivity index (χ2n) is 10.8. The Bertz CT molecular complexity index is 1250. The number of carbonyl (C=O) groups excluding carboxylic acids is 1. The quantitative estimate of drug-likeness (QED) is 0.350. The van der Waals surface area contributed by atoms with Crippen LogP contribution in [0.4, 0.5) is 13.2 Å². The molecule has 9 heteroatoms. The van der Waals surface area contributed by atoms with Gasteiger partial charge in [-0.15, -0.1) is 0 Å². The Balaban J connectivity index is 1.44. The third-order valence-electron chi connectivity index (χ3n) is 7.29. The van der Waals surface area contributed by atoms with Gasteiger partial charge in [-0.2, -0.15) is 13.2 Å². The zero-order chi connectivity index (χ0) is 28.9. The van der Waals surface area contributed by atoms with E-state index in [0.717, 1.165) is 49.8 Å². The first-order valence-corrected chi connectivity index (χ1v) is 13.5. The van der Waals surface area contributed by atoms with Crippen molar-refractivity contribution in [2.75, 3.05) is 19.6 Å². The van der Waals surface area contributed by atoms with Crippen molar-refractivity contribution in [3.05, 3.63) is 89.7 Å². The number of alkyl halides is 3. The van der Waals surface area contributed by atoms with Crippen molar-refractivity contribution in [2.45, 2.75) is 64.2 Å². The van der Waals surface area contributed by atoms with E-state index in [-0.39, 0.29) is 23.7 Å². The molecule has 0 aliphatic carbocycles. The molecule has 0 radical (unpaired) electrons. The fourth-order valence-corrected chi connectivity index (χ4v) is 4.94. The van der Waals surface area contributed by atoms with Crippen LogP contribution in [0.1, 0.15) is 43.9 Å². The van der Waals surface area contributed by atoms with E-state index in [0.29, 0.717) is 13.0 Å². The number of esters is 1. The minimum Gasteiger partial charge on any atom is -0.463 e. The summed E-state index contributed by atoms with van der Waals surface area (Å²) in [7, 11) is 0. The van der Waals surface area contributed by atoms with Gasteiger partial charge in [0.15, 0.2) is 5.60 Å². The molecule has 1 N–H and O–H groups in total. The number of nitrogens with zero attached hydrogens (tertiary/aromatic N) is 3. The minimum atomic E-state index is -4.76. The molecule has 1 fully saturated rings. The van der Waals surface area contributed by atoms with E-state index in [1.807, 2.05) is 50.2 Å². The molecule has 2 atom stereocenters. The predicted octanol–water partition coefficient (Wildman–Crippen LogP) is 5.55. The predicted molar refractivity (Wildman–Crippen MR) is 147 cm³/mol. The SMILES string of the molecule is CC(C)OC(=O)C[C@@H]1CN(Cc2ccncc2)CCN1Cc1ccc(-c2ccc(C(C)(O)C(F)(F)F)cc2)cc1. The third-order valence-corrected chi connectivity index (χ3v) is 7.29. The summed E-state index contributed by atoms with van der Waals surface area (Å²) in [6.07, 6.45) is -1.06. The Kier molecular flexibility index (Phi) is 9.28. The standard InChI is InChI=1S/C31H36F3N3O3/c1-22(2)40-29(38)18-28-21-36(19-24-12-14-35-15-13-24)16-17-37(28)20-23-4-6-25(7-5-23)26-8-10-27(11-9-26)30(3,39)31(32,33)34/h4-15,22,28,39H,16-21H2,1-3H3/t28-,30?/m1/s1. The van der Waals surface area contributed by atoms with E-state index >= 15 is 0 Å². The normalized spacial score (nSPS) is 18.4. The zero-order valence-electron chi connectivity index (χ0n) is 23.1. The summed E-state index contributed by atoms with van der Waals surface area (Å²) in [5.74, 6) is -0.209. The summed E-state index contributed by atoms with van der Waals surface area (Å²) in [6, 6.07) is 17.7. The molecule has 0 spiro atoms. The highest BCUT2D eigenvalue weighted by molar-refractivity contribution is 5.70. The second kappa shape index (κ2) is 12.5. The lowest BCUT2D eigenvalue weighted by molar-refractivity contribution is -0.258. The highest BCUT2D eigenvalue weighted by atomic mass is 19.4. The van der Waals surface area contributed by atoms with Crippen molar-refractivity contribution in [3.8, 4) is 11.1 Å². The van der Waals surface area contributed by atoms with Crippen LogP contribution in [-0.2, 0) is 28.2 Å². The summed E-state index contributed by atoms with van der Waals surface area (Å²) >= 11 is 0. The highest BCUT2D eigenvalue weighted by Gasteiger charge is 2.51. The first kappa shape index (κ1) is 29.7. The molecule has 3 aromatic rings. The van der Waals surface area contributed by atoms with Crippen molar-refractivity contribution in [1.82, 2.24) is 14.8 Å². The first-order valence-electron chi connectivity index (χ1n) is 13.5. The van der Waals surface area contributed by atoms with Crippen LogP contribution in [0.25, 0.3) is 11.1 Å². The molecule has 1 unspecified atom stereocenters. The molecule has 1 saturated heterocycles. The van der Waals surface area contributed by atoms with E-state index in [1.54, 1.807) is 24.5 Å². The number of benzene rings is 2. The molecule has 1 aliphatic heterocycles. The molecule has 0 amide bonds. The number of pyridine rings is 1. The highest BCUT2D eigenvalue weighted by Crippen LogP contribution is 2.39. The van der Waals surface area contributed by atoms with Crippen molar-refractivity contribution in [1.29, 1.82) is 0 Å². The van der Waals surface area contributed by atoms with Gasteiger partial charge in [0, 0.05) is 51.2 Å². The van der Waals surface area contributed by atoms with Crippen molar-refractivity contribution in [2.24, 2.45) is 0 Å². The zero-order valence-corrected chi connectivity index (χ0v) is 23.1. The van der Waals surface area contributed by atoms with E-state index in [9.17, 15) is 23.1 Å². The van der Waals surface area contributed by atoms with Crippen LogP contribution in [0.5, 0.6) is 0 Å². The second-order valence-corrected chi connectivity index (χ2v) is 10.8. The van der Waals surface area contributed by atoms with E-state index < -0.39 is 11.8 Å². The average molecular weight is 556 g/mol. The summed E-state index contributed by atoms with van der Waals surface area (Å²) < 4.78 is 44.9. The smallest absolute Gasteiger partial charge is 0.421 e. The van der Waals surface area contributed by atoms with Gasteiger partial charge in [0.2, 0.25) is 0 Å². The number of carbonyl (C=O) groups is 1. The number of hydrogen-bond acceptors (Lipinski definition) is 6. The van der Waals surface area contributed by atoms with Gasteiger partial charge in [-0.25, -0.2) is 0 Å². The molecule has 4 rings (SSSR count). The monoisotopic (exact) mass is 555 g/mol. The Hall–Kier alpha value is -3.27. The average Bonchev–Trinajstić information content (AvgIpc) is 2.90. The third kappa shape index (κ3) is 7.47. The van der Waals surface area contributed by atoms with E-state index in [2.05, 4.69) is 14.8 Å². The molecule has 6 nitrogen and oxygen atoms in total. The van der Waals surface area contributed by atoms with E-state index in [4.69, 9.17) is 4.74 Å². The largest absolute Gasteiger partial charge is 0.463 e. The Morgan fingerprint density at radius 1 is 0.950 bits per heavy atom. The summed E-state index contributed by atoms with van der Waals surface area (Å²) in [6.45, 7) is 8.30. The van der Waals surface area contributed by atoms with Crippen LogP contribution in [0, 0.1) is 0 Å². The van der Waals surface area contributed by atoms with Gasteiger partial charge in [0.1, 0.15) is 0 Å². The molecule has 214 valence electrons. The van der Waals surface area contributed by atoms with Crippen LogP contribution in [0.15, 0.2) is 73.1 Å². The van der Waals surface area contributed by atoms with Crippen LogP contribution in [0.2, 0.25) is 0 Å². The fourth-order valence-electron chi connectivity index (χ4n) is 4.94. The summed E-state index contributed by atoms with van der Waals surface area (Å²) in [4.78, 5) is 21.3. The molecule has 2 aromatic carbocycles. The minimum absolute atomic E-state index is 0.00418. The summed E-state index contributed by atoms with van der Waals surface area (Å²) in [5.41, 5.74) is 0.761. The van der Waals surface area contributed by atoms with Gasteiger partial charge < -0.3 is 9.84 Å². The first-order chi connectivity index (χ1) is 18.9. The topological polar surface area (TPSA) is 65.9 Å². The van der Waals surface area contributed by atoms with E-state index in [1.165, 1.54) is 17.7 Å². The van der Waals surface area contributed by atoms with Gasteiger partial charge in [-0.1, -0.05) is 48.5 Å². The van der Waals surface area contributed by atoms with Gasteiger partial charge in [-0.05, 0) is 60.7 Å². The molecule has 0 saturated carbocycles. The number of rotatable bonds is 9. The number of aliphatic hydroxyl groups is 1. The van der Waals surface area contributed by atoms with Crippen molar-refractivity contribution >= 4 is 5.97 Å². The number of hydrogen-bond donors (Lipinski definition) is 1. The van der Waals surface area contributed by atoms with Gasteiger partial charge in [0.05, 0.1) is 12.5 Å². The van der Waals surface area contributed by atoms with Gasteiger partial charge in [0.25, 0.3) is 0 Å². The molecule has 1 aliphatic rings. The Morgan fingerprint density at radius 2 is 1.52 bits per heavy atom. The molecule has 1 aromatic heterocycles. The Labute approximate surface area is 233 Å². The number of halogens is 3. The molecular weight excluding hydrogens is 519 g/mol. The number of aromatic nitrogens is 1. The molecule has 0 bridgehead atoms. The Morgan fingerprint density at radius 3 is 2.10 bits per heavy atom. The van der Waals surface area contributed by atoms with Crippen molar-refractivity contribution in [3.63, 3.8) is 0 Å². The lowest BCUT2D eigenvalue weighted by Crippen LogP contribution is -2.53.